The minimum Gasteiger partial charge on any atom is -0.294 e. The summed E-state index contributed by atoms with van der Waals surface area (Å²) < 4.78 is 80.5. The number of ketones is 2. The van der Waals surface area contributed by atoms with Gasteiger partial charge < -0.3 is 0 Å². The summed E-state index contributed by atoms with van der Waals surface area (Å²) >= 11 is 0. The standard InChI is InChI=1S/2C22H23F3N2O/c2*1-4-21(14-6-5-7-15(9-14)22(23,24)25)16-12-26-27-17(16)8-13-10-20(2,3)11-18(28)19(13)21/h2*5-7,9,12H,4,8,10-11H2,1-3H3,(H,26,27)/t2*21-/m10/s1. The molecule has 0 amide bonds. The first kappa shape index (κ1) is 39.5. The van der Waals surface area contributed by atoms with Crippen molar-refractivity contribution in [1.82, 2.24) is 20.4 Å². The number of Topliss-reactive ketones (excluding diaryl/α,β-unsaturated/α-hetero) is 2. The van der Waals surface area contributed by atoms with Gasteiger partial charge in [-0.1, -0.05) is 89.1 Å². The minimum atomic E-state index is -4.44. The van der Waals surface area contributed by atoms with Gasteiger partial charge in [0.15, 0.2) is 11.6 Å². The number of fused-ring (bicyclic) bond motifs is 2. The van der Waals surface area contributed by atoms with Crippen LogP contribution in [0.25, 0.3) is 0 Å². The van der Waals surface area contributed by atoms with Crippen LogP contribution in [0.3, 0.4) is 0 Å². The molecule has 4 aliphatic rings. The Balaban J connectivity index is 0.000000172. The zero-order valence-corrected chi connectivity index (χ0v) is 32.4. The van der Waals surface area contributed by atoms with Gasteiger partial charge in [-0.25, -0.2) is 0 Å². The molecule has 8 rings (SSSR count). The fourth-order valence-electron chi connectivity index (χ4n) is 10.3. The maximum atomic E-state index is 13.4. The molecule has 12 heteroatoms. The molecule has 56 heavy (non-hydrogen) atoms. The number of halogens is 6. The highest BCUT2D eigenvalue weighted by Gasteiger charge is 2.52. The van der Waals surface area contributed by atoms with E-state index in [0.717, 1.165) is 58.6 Å². The van der Waals surface area contributed by atoms with E-state index >= 15 is 0 Å². The van der Waals surface area contributed by atoms with Crippen molar-refractivity contribution in [3.63, 3.8) is 0 Å². The number of rotatable bonds is 4. The lowest BCUT2D eigenvalue weighted by atomic mass is 9.57. The van der Waals surface area contributed by atoms with Crippen molar-refractivity contribution in [3.8, 4) is 0 Å². The molecule has 2 aromatic carbocycles. The zero-order chi connectivity index (χ0) is 40.6. The quantitative estimate of drug-likeness (QED) is 0.202. The molecule has 6 nitrogen and oxygen atoms in total. The molecule has 0 fully saturated rings. The predicted molar refractivity (Wildman–Crippen MR) is 200 cm³/mol. The summed E-state index contributed by atoms with van der Waals surface area (Å²) in [6.45, 7) is 12.1. The molecule has 2 N–H and O–H groups in total. The van der Waals surface area contributed by atoms with Gasteiger partial charge in [0.1, 0.15) is 0 Å². The number of nitrogens with one attached hydrogen (secondary N) is 2. The van der Waals surface area contributed by atoms with E-state index in [1.807, 2.05) is 13.8 Å². The summed E-state index contributed by atoms with van der Waals surface area (Å²) in [5.74, 6) is 0.0784. The second-order valence-corrected chi connectivity index (χ2v) is 17.4. The van der Waals surface area contributed by atoms with Gasteiger partial charge in [-0.3, -0.25) is 19.8 Å². The van der Waals surface area contributed by atoms with Crippen molar-refractivity contribution in [2.24, 2.45) is 10.8 Å². The smallest absolute Gasteiger partial charge is 0.294 e. The lowest BCUT2D eigenvalue weighted by molar-refractivity contribution is -0.138. The first-order valence-electron chi connectivity index (χ1n) is 19.1. The Morgan fingerprint density at radius 3 is 1.32 bits per heavy atom. The normalized spacial score (nSPS) is 24.1. The second-order valence-electron chi connectivity index (χ2n) is 17.4. The summed E-state index contributed by atoms with van der Waals surface area (Å²) in [5, 5.41) is 14.4. The van der Waals surface area contributed by atoms with Crippen LogP contribution < -0.4 is 0 Å². The van der Waals surface area contributed by atoms with Crippen molar-refractivity contribution in [1.29, 1.82) is 0 Å². The molecule has 0 spiro atoms. The van der Waals surface area contributed by atoms with Gasteiger partial charge in [-0.2, -0.15) is 36.5 Å². The van der Waals surface area contributed by atoms with Crippen molar-refractivity contribution in [2.45, 2.75) is 116 Å². The number of H-pyrrole nitrogens is 2. The maximum absolute atomic E-state index is 13.4. The van der Waals surface area contributed by atoms with Crippen LogP contribution >= 0.6 is 0 Å². The van der Waals surface area contributed by atoms with Crippen LogP contribution in [0.1, 0.15) is 125 Å². The molecular weight excluding hydrogens is 730 g/mol. The average molecular weight is 777 g/mol. The first-order chi connectivity index (χ1) is 26.2. The second kappa shape index (κ2) is 13.4. The first-order valence-corrected chi connectivity index (χ1v) is 19.1. The van der Waals surface area contributed by atoms with E-state index in [1.54, 1.807) is 24.5 Å². The fourth-order valence-corrected chi connectivity index (χ4v) is 10.3. The molecule has 2 atom stereocenters. The van der Waals surface area contributed by atoms with Crippen molar-refractivity contribution >= 4 is 11.6 Å². The van der Waals surface area contributed by atoms with Crippen LogP contribution in [0.4, 0.5) is 26.3 Å². The third-order valence-corrected chi connectivity index (χ3v) is 12.3. The number of nitrogens with zero attached hydrogens (tertiary/aromatic N) is 2. The third-order valence-electron chi connectivity index (χ3n) is 12.3. The number of aromatic nitrogens is 4. The largest absolute Gasteiger partial charge is 0.416 e. The van der Waals surface area contributed by atoms with Gasteiger partial charge in [0.25, 0.3) is 0 Å². The summed E-state index contributed by atoms with van der Waals surface area (Å²) in [4.78, 5) is 26.6. The number of aromatic amines is 2. The molecule has 0 radical (unpaired) electrons. The number of benzene rings is 2. The lowest BCUT2D eigenvalue weighted by Gasteiger charge is -2.45. The highest BCUT2D eigenvalue weighted by molar-refractivity contribution is 6.02. The van der Waals surface area contributed by atoms with Gasteiger partial charge in [0, 0.05) is 59.3 Å². The van der Waals surface area contributed by atoms with Gasteiger partial charge >= 0.3 is 12.4 Å². The van der Waals surface area contributed by atoms with Crippen LogP contribution in [-0.4, -0.2) is 32.0 Å². The van der Waals surface area contributed by atoms with E-state index in [9.17, 15) is 35.9 Å². The van der Waals surface area contributed by atoms with Crippen LogP contribution in [0, 0.1) is 10.8 Å². The Labute approximate surface area is 322 Å². The van der Waals surface area contributed by atoms with Gasteiger partial charge in [0.05, 0.1) is 34.4 Å². The van der Waals surface area contributed by atoms with Gasteiger partial charge in [0.2, 0.25) is 0 Å². The van der Waals surface area contributed by atoms with Gasteiger partial charge in [-0.05, 0) is 59.8 Å². The van der Waals surface area contributed by atoms with Crippen LogP contribution in [0.5, 0.6) is 0 Å². The molecular formula is C44H46F6N4O2. The summed E-state index contributed by atoms with van der Waals surface area (Å²) in [5.41, 5.74) is 4.37. The van der Waals surface area contributed by atoms with E-state index in [1.165, 1.54) is 24.3 Å². The molecule has 4 aliphatic carbocycles. The van der Waals surface area contributed by atoms with Crippen molar-refractivity contribution in [3.05, 3.63) is 128 Å². The molecule has 0 aliphatic heterocycles. The van der Waals surface area contributed by atoms with E-state index in [0.29, 0.717) is 60.8 Å². The molecule has 0 saturated carbocycles. The molecule has 4 aromatic rings. The topological polar surface area (TPSA) is 91.5 Å². The van der Waals surface area contributed by atoms with Crippen LogP contribution in [0.2, 0.25) is 0 Å². The van der Waals surface area contributed by atoms with Gasteiger partial charge in [-0.15, -0.1) is 0 Å². The SMILES string of the molecule is CC[C@@]1(c2cccc(C(F)(F)F)c2)C2=C(Cc3[nH]ncc31)CC(C)(C)CC2=O.CC[C@]1(c2cccc(C(F)(F)F)c2)C2=C(Cc3[nH]ncc31)CC(C)(C)CC2=O. The monoisotopic (exact) mass is 776 g/mol. The number of alkyl halides is 6. The number of hydrogen-bond donors (Lipinski definition) is 2. The Kier molecular flexibility index (Phi) is 9.48. The van der Waals surface area contributed by atoms with E-state index in [2.05, 4.69) is 48.1 Å². The summed E-state index contributed by atoms with van der Waals surface area (Å²) in [7, 11) is 0. The molecule has 0 bridgehead atoms. The number of allylic oxidation sites excluding steroid dienone is 4. The Hall–Kier alpha value is -4.74. The van der Waals surface area contributed by atoms with Crippen molar-refractivity contribution < 1.29 is 35.9 Å². The Bertz CT molecular complexity index is 2130. The molecule has 2 aromatic heterocycles. The average Bonchev–Trinajstić information content (AvgIpc) is 3.79. The highest BCUT2D eigenvalue weighted by atomic mass is 19.4. The molecule has 2 heterocycles. The minimum absolute atomic E-state index is 0.0392. The molecule has 296 valence electrons. The lowest BCUT2D eigenvalue weighted by Crippen LogP contribution is -2.42. The third kappa shape index (κ3) is 6.46. The predicted octanol–water partition coefficient (Wildman–Crippen LogP) is 10.7. The molecule has 0 saturated heterocycles. The number of carbonyl (C=O) groups excluding carboxylic acids is 2. The number of carbonyl (C=O) groups is 2. The summed E-state index contributed by atoms with van der Waals surface area (Å²) in [6, 6.07) is 10.8. The van der Waals surface area contributed by atoms with Crippen molar-refractivity contribution in [2.75, 3.05) is 0 Å². The highest BCUT2D eigenvalue weighted by Crippen LogP contribution is 2.56. The number of hydrogen-bond acceptors (Lipinski definition) is 4. The Morgan fingerprint density at radius 2 is 0.982 bits per heavy atom. The van der Waals surface area contributed by atoms with Crippen LogP contribution in [-0.2, 0) is 45.6 Å². The Morgan fingerprint density at radius 1 is 0.607 bits per heavy atom. The molecule has 0 unspecified atom stereocenters. The summed E-state index contributed by atoms with van der Waals surface area (Å²) in [6.07, 6.45) is -1.02. The van der Waals surface area contributed by atoms with Crippen LogP contribution in [0.15, 0.2) is 83.2 Å². The van der Waals surface area contributed by atoms with E-state index in [4.69, 9.17) is 0 Å². The zero-order valence-electron chi connectivity index (χ0n) is 32.4. The maximum Gasteiger partial charge on any atom is 0.416 e. The van der Waals surface area contributed by atoms with E-state index < -0.39 is 34.3 Å². The van der Waals surface area contributed by atoms with E-state index in [-0.39, 0.29) is 22.4 Å². The fraction of sp³-hybridized carbons (Fsp3) is 0.455.